The number of halogens is 1. The molecular weight excluding hydrogens is 266 g/mol. The Balaban J connectivity index is 0.00000180. The molecule has 4 nitrogen and oxygen atoms in total. The molecule has 0 unspecified atom stereocenters. The summed E-state index contributed by atoms with van der Waals surface area (Å²) in [5.41, 5.74) is 0. The van der Waals surface area contributed by atoms with E-state index in [1.165, 1.54) is 0 Å². The van der Waals surface area contributed by atoms with E-state index in [1.54, 1.807) is 0 Å². The number of nitrogens with zero attached hydrogens (tertiary/aromatic N) is 1. The van der Waals surface area contributed by atoms with E-state index in [2.05, 4.69) is 11.9 Å². The summed E-state index contributed by atoms with van der Waals surface area (Å²) in [5.74, 6) is 0.409. The van der Waals surface area contributed by atoms with E-state index < -0.39 is 0 Å². The lowest BCUT2D eigenvalue weighted by Crippen LogP contribution is -3.00. The summed E-state index contributed by atoms with van der Waals surface area (Å²) in [7, 11) is 2.08. The van der Waals surface area contributed by atoms with Crippen LogP contribution in [0.15, 0.2) is 30.3 Å². The van der Waals surface area contributed by atoms with Crippen LogP contribution < -0.4 is 17.1 Å². The van der Waals surface area contributed by atoms with Gasteiger partial charge in [-0.2, -0.15) is 0 Å². The number of carbonyl (C=O) groups excluding carboxylic acids is 1. The number of likely N-dealkylation sites (tertiary alicyclic amines) is 1. The lowest BCUT2D eigenvalue weighted by atomic mass is 10.1. The van der Waals surface area contributed by atoms with Crippen LogP contribution in [0.25, 0.3) is 0 Å². The van der Waals surface area contributed by atoms with Gasteiger partial charge in [-0.15, -0.1) is 0 Å². The van der Waals surface area contributed by atoms with Crippen LogP contribution in [0.1, 0.15) is 12.8 Å². The monoisotopic (exact) mass is 284 g/mol. The van der Waals surface area contributed by atoms with Crippen molar-refractivity contribution in [1.82, 2.24) is 4.90 Å². The molecule has 0 saturated carbocycles. The quantitative estimate of drug-likeness (QED) is 0.645. The Morgan fingerprint density at radius 3 is 2.53 bits per heavy atom. The Hall–Kier alpha value is -1.26. The number of para-hydroxylation sites is 1. The lowest BCUT2D eigenvalue weighted by molar-refractivity contribution is -0.153. The third kappa shape index (κ3) is 5.49. The number of esters is 1. The van der Waals surface area contributed by atoms with Crippen molar-refractivity contribution in [2.75, 3.05) is 26.7 Å². The van der Waals surface area contributed by atoms with E-state index in [4.69, 9.17) is 9.47 Å². The summed E-state index contributed by atoms with van der Waals surface area (Å²) in [6.07, 6.45) is 1.87. The molecule has 0 radical (unpaired) electrons. The fourth-order valence-electron chi connectivity index (χ4n) is 1.98. The molecule has 0 atom stereocenters. The Morgan fingerprint density at radius 2 is 1.89 bits per heavy atom. The minimum absolute atomic E-state index is 0. The first-order chi connectivity index (χ1) is 8.74. The van der Waals surface area contributed by atoms with Gasteiger partial charge in [-0.1, -0.05) is 18.2 Å². The lowest BCUT2D eigenvalue weighted by Gasteiger charge is -2.28. The van der Waals surface area contributed by atoms with Gasteiger partial charge in [0, 0.05) is 13.1 Å². The molecule has 5 heteroatoms. The van der Waals surface area contributed by atoms with Gasteiger partial charge in [0.05, 0.1) is 0 Å². The van der Waals surface area contributed by atoms with E-state index in [0.717, 1.165) is 25.9 Å². The Labute approximate surface area is 120 Å². The highest BCUT2D eigenvalue weighted by atomic mass is 35.5. The molecule has 0 aliphatic carbocycles. The molecule has 1 heterocycles. The zero-order valence-electron chi connectivity index (χ0n) is 11.0. The van der Waals surface area contributed by atoms with Crippen LogP contribution in [-0.4, -0.2) is 43.7 Å². The van der Waals surface area contributed by atoms with Crippen LogP contribution in [0.3, 0.4) is 0 Å². The van der Waals surface area contributed by atoms with Crippen molar-refractivity contribution in [2.45, 2.75) is 18.9 Å². The summed E-state index contributed by atoms with van der Waals surface area (Å²) in [6.45, 7) is 1.95. The molecule has 1 aromatic rings. The number of benzene rings is 1. The SMILES string of the molecule is CN1CCC(OC(=O)COc2ccccc2)CC1.[Cl-]. The summed E-state index contributed by atoms with van der Waals surface area (Å²) >= 11 is 0. The molecule has 0 N–H and O–H groups in total. The molecule has 1 aromatic carbocycles. The van der Waals surface area contributed by atoms with Gasteiger partial charge < -0.3 is 26.8 Å². The molecule has 1 fully saturated rings. The minimum atomic E-state index is -0.284. The van der Waals surface area contributed by atoms with Gasteiger partial charge in [-0.25, -0.2) is 4.79 Å². The van der Waals surface area contributed by atoms with Gasteiger partial charge in [0.2, 0.25) is 0 Å². The zero-order chi connectivity index (χ0) is 12.8. The molecule has 19 heavy (non-hydrogen) atoms. The smallest absolute Gasteiger partial charge is 0.344 e. The maximum absolute atomic E-state index is 11.6. The summed E-state index contributed by atoms with van der Waals surface area (Å²) in [5, 5.41) is 0. The van der Waals surface area contributed by atoms with Gasteiger partial charge in [-0.05, 0) is 32.0 Å². The molecule has 0 spiro atoms. The summed E-state index contributed by atoms with van der Waals surface area (Å²) in [6, 6.07) is 9.30. The number of rotatable bonds is 4. The van der Waals surface area contributed by atoms with Gasteiger partial charge in [0.1, 0.15) is 11.9 Å². The van der Waals surface area contributed by atoms with Gasteiger partial charge in [0.25, 0.3) is 0 Å². The molecule has 1 aliphatic rings. The second-order valence-electron chi connectivity index (χ2n) is 4.59. The maximum atomic E-state index is 11.6. The van der Waals surface area contributed by atoms with Crippen molar-refractivity contribution in [3.8, 4) is 5.75 Å². The minimum Gasteiger partial charge on any atom is -1.00 e. The molecule has 0 amide bonds. The first-order valence-corrected chi connectivity index (χ1v) is 6.30. The maximum Gasteiger partial charge on any atom is 0.344 e. The van der Waals surface area contributed by atoms with Gasteiger partial charge in [-0.3, -0.25) is 0 Å². The van der Waals surface area contributed by atoms with E-state index in [-0.39, 0.29) is 31.1 Å². The van der Waals surface area contributed by atoms with Crippen molar-refractivity contribution in [3.05, 3.63) is 30.3 Å². The van der Waals surface area contributed by atoms with Gasteiger partial charge >= 0.3 is 5.97 Å². The van der Waals surface area contributed by atoms with Crippen molar-refractivity contribution < 1.29 is 26.7 Å². The summed E-state index contributed by atoms with van der Waals surface area (Å²) < 4.78 is 10.7. The van der Waals surface area contributed by atoms with Crippen LogP contribution in [0.2, 0.25) is 0 Å². The van der Waals surface area contributed by atoms with Crippen LogP contribution >= 0.6 is 0 Å². The van der Waals surface area contributed by atoms with Crippen molar-refractivity contribution >= 4 is 5.97 Å². The third-order valence-corrected chi connectivity index (χ3v) is 3.06. The highest BCUT2D eigenvalue weighted by Gasteiger charge is 2.20. The summed E-state index contributed by atoms with van der Waals surface area (Å²) in [4.78, 5) is 13.8. The Bertz CT molecular complexity index is 378. The molecule has 1 aliphatic heterocycles. The van der Waals surface area contributed by atoms with E-state index >= 15 is 0 Å². The molecule has 106 valence electrons. The highest BCUT2D eigenvalue weighted by molar-refractivity contribution is 5.71. The second kappa shape index (κ2) is 8.02. The normalized spacial score (nSPS) is 16.5. The highest BCUT2D eigenvalue weighted by Crippen LogP contribution is 2.13. The fourth-order valence-corrected chi connectivity index (χ4v) is 1.98. The Morgan fingerprint density at radius 1 is 1.26 bits per heavy atom. The molecular formula is C14H19ClNO3-. The number of piperidine rings is 1. The predicted octanol–water partition coefficient (Wildman–Crippen LogP) is -1.29. The Kier molecular flexibility index (Phi) is 6.67. The predicted molar refractivity (Wildman–Crippen MR) is 68.5 cm³/mol. The number of carbonyl (C=O) groups is 1. The number of hydrogen-bond acceptors (Lipinski definition) is 4. The standard InChI is InChI=1S/C14H19NO3.ClH/c1-15-9-7-13(8-10-15)18-14(16)11-17-12-5-3-2-4-6-12;/h2-6,13H,7-11H2,1H3;1H/p-1. The molecule has 0 aromatic heterocycles. The van der Waals surface area contributed by atoms with E-state index in [0.29, 0.717) is 5.75 Å². The second-order valence-corrected chi connectivity index (χ2v) is 4.59. The van der Waals surface area contributed by atoms with Crippen LogP contribution in [0.5, 0.6) is 5.75 Å². The molecule has 2 rings (SSSR count). The van der Waals surface area contributed by atoms with Crippen LogP contribution in [0, 0.1) is 0 Å². The fraction of sp³-hybridized carbons (Fsp3) is 0.500. The molecule has 1 saturated heterocycles. The van der Waals surface area contributed by atoms with Crippen molar-refractivity contribution in [3.63, 3.8) is 0 Å². The average Bonchev–Trinajstić information content (AvgIpc) is 2.40. The van der Waals surface area contributed by atoms with Crippen LogP contribution in [0.4, 0.5) is 0 Å². The third-order valence-electron chi connectivity index (χ3n) is 3.06. The van der Waals surface area contributed by atoms with E-state index in [1.807, 2.05) is 30.3 Å². The number of hydrogen-bond donors (Lipinski definition) is 0. The van der Waals surface area contributed by atoms with Crippen LogP contribution in [-0.2, 0) is 9.53 Å². The number of ether oxygens (including phenoxy) is 2. The first kappa shape index (κ1) is 15.8. The molecule has 0 bridgehead atoms. The largest absolute Gasteiger partial charge is 1.00 e. The topological polar surface area (TPSA) is 38.8 Å². The van der Waals surface area contributed by atoms with Crippen molar-refractivity contribution in [2.24, 2.45) is 0 Å². The first-order valence-electron chi connectivity index (χ1n) is 6.30. The zero-order valence-corrected chi connectivity index (χ0v) is 11.8. The van der Waals surface area contributed by atoms with Crippen molar-refractivity contribution in [1.29, 1.82) is 0 Å². The average molecular weight is 285 g/mol. The van der Waals surface area contributed by atoms with Gasteiger partial charge in [0.15, 0.2) is 6.61 Å². The van der Waals surface area contributed by atoms with E-state index in [9.17, 15) is 4.79 Å².